The second-order valence-electron chi connectivity index (χ2n) is 6.72. The zero-order valence-corrected chi connectivity index (χ0v) is 18.1. The molecule has 9 heteroatoms. The summed E-state index contributed by atoms with van der Waals surface area (Å²) in [6.45, 7) is 3.93. The molecule has 3 rings (SSSR count). The number of nitrogens with zero attached hydrogens (tertiary/aromatic N) is 2. The van der Waals surface area contributed by atoms with Crippen molar-refractivity contribution in [1.82, 2.24) is 14.5 Å². The predicted octanol–water partition coefficient (Wildman–Crippen LogP) is 2.49. The minimum atomic E-state index is -3.78. The number of sulfonamides is 1. The van der Waals surface area contributed by atoms with Crippen LogP contribution in [-0.4, -0.2) is 37.1 Å². The van der Waals surface area contributed by atoms with E-state index in [9.17, 15) is 18.0 Å². The van der Waals surface area contributed by atoms with Gasteiger partial charge in [-0.15, -0.1) is 0 Å². The van der Waals surface area contributed by atoms with Crippen molar-refractivity contribution in [3.8, 4) is 17.0 Å². The van der Waals surface area contributed by atoms with Gasteiger partial charge in [0.05, 0.1) is 23.7 Å². The van der Waals surface area contributed by atoms with Crippen molar-refractivity contribution >= 4 is 15.8 Å². The van der Waals surface area contributed by atoms with E-state index in [1.165, 1.54) is 41.9 Å². The van der Waals surface area contributed by atoms with Crippen LogP contribution in [0.2, 0.25) is 0 Å². The van der Waals surface area contributed by atoms with Gasteiger partial charge in [-0.05, 0) is 56.3 Å². The Morgan fingerprint density at radius 1 is 1.03 bits per heavy atom. The van der Waals surface area contributed by atoms with E-state index in [0.29, 0.717) is 17.9 Å². The van der Waals surface area contributed by atoms with E-state index >= 15 is 0 Å². The van der Waals surface area contributed by atoms with E-state index < -0.39 is 10.0 Å². The minimum Gasteiger partial charge on any atom is -0.494 e. The highest BCUT2D eigenvalue weighted by Gasteiger charge is 2.14. The maximum absolute atomic E-state index is 12.4. The van der Waals surface area contributed by atoms with Crippen molar-refractivity contribution in [2.45, 2.75) is 25.3 Å². The lowest BCUT2D eigenvalue weighted by molar-refractivity contribution is 0.101. The first kappa shape index (κ1) is 22.4. The Balaban J connectivity index is 1.69. The number of nitrogens with one attached hydrogen (secondary N) is 1. The molecule has 0 fully saturated rings. The minimum absolute atomic E-state index is 0.0174. The van der Waals surface area contributed by atoms with E-state index in [1.54, 1.807) is 6.07 Å². The number of carbonyl (C=O) groups excluding carboxylic acids is 1. The molecule has 0 atom stereocenters. The van der Waals surface area contributed by atoms with Crippen molar-refractivity contribution in [3.05, 3.63) is 76.6 Å². The quantitative estimate of drug-likeness (QED) is 0.511. The van der Waals surface area contributed by atoms with Gasteiger partial charge in [0.15, 0.2) is 5.78 Å². The summed E-state index contributed by atoms with van der Waals surface area (Å²) in [5.41, 5.74) is 1.49. The Morgan fingerprint density at radius 2 is 1.71 bits per heavy atom. The van der Waals surface area contributed by atoms with Crippen LogP contribution in [0.1, 0.15) is 24.2 Å². The number of rotatable bonds is 9. The molecule has 0 spiro atoms. The molecule has 0 unspecified atom stereocenters. The van der Waals surface area contributed by atoms with Crippen LogP contribution in [0.5, 0.6) is 5.75 Å². The average molecular weight is 442 g/mol. The smallest absolute Gasteiger partial charge is 0.266 e. The molecular formula is C22H23N3O5S. The van der Waals surface area contributed by atoms with E-state index in [4.69, 9.17) is 4.74 Å². The maximum Gasteiger partial charge on any atom is 0.266 e. The van der Waals surface area contributed by atoms with E-state index in [2.05, 4.69) is 9.82 Å². The van der Waals surface area contributed by atoms with Gasteiger partial charge in [-0.2, -0.15) is 5.10 Å². The highest BCUT2D eigenvalue weighted by atomic mass is 32.2. The summed E-state index contributed by atoms with van der Waals surface area (Å²) >= 11 is 0. The van der Waals surface area contributed by atoms with Gasteiger partial charge in [-0.3, -0.25) is 9.59 Å². The van der Waals surface area contributed by atoms with E-state index in [-0.39, 0.29) is 29.3 Å². The van der Waals surface area contributed by atoms with E-state index in [0.717, 1.165) is 11.3 Å². The van der Waals surface area contributed by atoms with Crippen LogP contribution in [0.25, 0.3) is 11.3 Å². The van der Waals surface area contributed by atoms with Gasteiger partial charge < -0.3 is 4.74 Å². The summed E-state index contributed by atoms with van der Waals surface area (Å²) in [5.74, 6) is 0.597. The molecule has 0 radical (unpaired) electrons. The number of hydrogen-bond donors (Lipinski definition) is 1. The highest BCUT2D eigenvalue weighted by molar-refractivity contribution is 7.89. The number of ether oxygens (including phenoxy) is 1. The first-order valence-corrected chi connectivity index (χ1v) is 11.2. The summed E-state index contributed by atoms with van der Waals surface area (Å²) in [7, 11) is -3.78. The molecule has 0 amide bonds. The molecule has 162 valence electrons. The number of aromatic nitrogens is 2. The largest absolute Gasteiger partial charge is 0.494 e. The summed E-state index contributed by atoms with van der Waals surface area (Å²) in [6, 6.07) is 16.0. The first-order chi connectivity index (χ1) is 14.8. The molecule has 1 aromatic heterocycles. The predicted molar refractivity (Wildman–Crippen MR) is 117 cm³/mol. The lowest BCUT2D eigenvalue weighted by Gasteiger charge is -2.10. The third-order valence-corrected chi connectivity index (χ3v) is 5.99. The molecule has 1 N–H and O–H groups in total. The number of benzene rings is 2. The third kappa shape index (κ3) is 5.65. The standard InChI is InChI=1S/C22H23N3O5S/c1-3-30-19-8-4-18(5-9-19)21-12-13-22(27)25(24-21)15-14-23-31(28,29)20-10-6-17(7-11-20)16(2)26/h4-13,23H,3,14-15H2,1-2H3. The van der Waals surface area contributed by atoms with Crippen LogP contribution in [0.3, 0.4) is 0 Å². The molecule has 2 aromatic carbocycles. The molecule has 3 aromatic rings. The zero-order chi connectivity index (χ0) is 22.4. The lowest BCUT2D eigenvalue weighted by Crippen LogP contribution is -2.32. The van der Waals surface area contributed by atoms with Crippen LogP contribution < -0.4 is 15.0 Å². The normalized spacial score (nSPS) is 11.3. The van der Waals surface area contributed by atoms with Gasteiger partial charge in [0.2, 0.25) is 10.0 Å². The van der Waals surface area contributed by atoms with Crippen LogP contribution in [0, 0.1) is 0 Å². The third-order valence-electron chi connectivity index (χ3n) is 4.51. The Kier molecular flexibility index (Phi) is 6.98. The average Bonchev–Trinajstić information content (AvgIpc) is 2.76. The number of ketones is 1. The lowest BCUT2D eigenvalue weighted by atomic mass is 10.1. The number of Topliss-reactive ketones (excluding diaryl/α,β-unsaturated/α-hetero) is 1. The van der Waals surface area contributed by atoms with Gasteiger partial charge in [0.1, 0.15) is 5.75 Å². The van der Waals surface area contributed by atoms with Crippen molar-refractivity contribution < 1.29 is 17.9 Å². The molecule has 0 bridgehead atoms. The number of hydrogen-bond acceptors (Lipinski definition) is 6. The van der Waals surface area contributed by atoms with Gasteiger partial charge in [-0.1, -0.05) is 12.1 Å². The Labute approximate surface area is 180 Å². The molecule has 0 saturated carbocycles. The number of carbonyl (C=O) groups is 1. The van der Waals surface area contributed by atoms with Crippen LogP contribution in [0.15, 0.2) is 70.4 Å². The summed E-state index contributed by atoms with van der Waals surface area (Å²) in [5, 5.41) is 4.33. The fraction of sp³-hybridized carbons (Fsp3) is 0.227. The Hall–Kier alpha value is -3.30. The topological polar surface area (TPSA) is 107 Å². The molecule has 0 aliphatic heterocycles. The van der Waals surface area contributed by atoms with Crippen molar-refractivity contribution in [2.75, 3.05) is 13.2 Å². The van der Waals surface area contributed by atoms with Crippen LogP contribution in [-0.2, 0) is 16.6 Å². The molecular weight excluding hydrogens is 418 g/mol. The fourth-order valence-corrected chi connectivity index (χ4v) is 3.91. The zero-order valence-electron chi connectivity index (χ0n) is 17.2. The van der Waals surface area contributed by atoms with Crippen molar-refractivity contribution in [1.29, 1.82) is 0 Å². The summed E-state index contributed by atoms with van der Waals surface area (Å²) in [6.07, 6.45) is 0. The van der Waals surface area contributed by atoms with Crippen LogP contribution >= 0.6 is 0 Å². The molecule has 31 heavy (non-hydrogen) atoms. The first-order valence-electron chi connectivity index (χ1n) is 9.72. The molecule has 8 nitrogen and oxygen atoms in total. The summed E-state index contributed by atoms with van der Waals surface area (Å²) < 4.78 is 34.0. The Bertz CT molecular complexity index is 1220. The van der Waals surface area contributed by atoms with Gasteiger partial charge in [0, 0.05) is 23.7 Å². The Morgan fingerprint density at radius 3 is 2.32 bits per heavy atom. The molecule has 0 aliphatic rings. The maximum atomic E-state index is 12.4. The van der Waals surface area contributed by atoms with Crippen molar-refractivity contribution in [2.24, 2.45) is 0 Å². The molecule has 1 heterocycles. The molecule has 0 aliphatic carbocycles. The fourth-order valence-electron chi connectivity index (χ4n) is 2.89. The van der Waals surface area contributed by atoms with Crippen molar-refractivity contribution in [3.63, 3.8) is 0 Å². The second kappa shape index (κ2) is 9.67. The van der Waals surface area contributed by atoms with Gasteiger partial charge >= 0.3 is 0 Å². The molecule has 0 saturated heterocycles. The van der Waals surface area contributed by atoms with Gasteiger partial charge in [0.25, 0.3) is 5.56 Å². The summed E-state index contributed by atoms with van der Waals surface area (Å²) in [4.78, 5) is 23.5. The van der Waals surface area contributed by atoms with Gasteiger partial charge in [-0.25, -0.2) is 17.8 Å². The van der Waals surface area contributed by atoms with Crippen LogP contribution in [0.4, 0.5) is 0 Å². The SMILES string of the molecule is CCOc1ccc(-c2ccc(=O)n(CCNS(=O)(=O)c3ccc(C(C)=O)cc3)n2)cc1. The van der Waals surface area contributed by atoms with E-state index in [1.807, 2.05) is 31.2 Å². The monoisotopic (exact) mass is 441 g/mol. The highest BCUT2D eigenvalue weighted by Crippen LogP contribution is 2.19. The second-order valence-corrected chi connectivity index (χ2v) is 8.48.